The van der Waals surface area contributed by atoms with Gasteiger partial charge in [0.05, 0.1) is 24.1 Å². The van der Waals surface area contributed by atoms with E-state index in [0.717, 1.165) is 35.5 Å². The zero-order chi connectivity index (χ0) is 22.4. The highest BCUT2D eigenvalue weighted by atomic mass is 16.6. The molecular formula is C22H26N4O5. The summed E-state index contributed by atoms with van der Waals surface area (Å²) in [5.74, 6) is 0.148. The van der Waals surface area contributed by atoms with Crippen LogP contribution in [0.2, 0.25) is 0 Å². The molecule has 0 spiro atoms. The topological polar surface area (TPSA) is 109 Å². The first kappa shape index (κ1) is 22.2. The Balaban J connectivity index is 1.65. The fourth-order valence-electron chi connectivity index (χ4n) is 3.24. The first-order valence-corrected chi connectivity index (χ1v) is 10.1. The lowest BCUT2D eigenvalue weighted by molar-refractivity contribution is -0.140. The van der Waals surface area contributed by atoms with Gasteiger partial charge in [0.2, 0.25) is 0 Å². The van der Waals surface area contributed by atoms with E-state index in [-0.39, 0.29) is 18.5 Å². The summed E-state index contributed by atoms with van der Waals surface area (Å²) < 4.78 is 16.8. The Morgan fingerprint density at radius 1 is 1.13 bits per heavy atom. The SMILES string of the molecule is CCCc1noc(COC(=O)c2ccc(-n3nc(C)c(CCC(=O)OC)c3C)cc2)n1. The highest BCUT2D eigenvalue weighted by Gasteiger charge is 2.16. The molecule has 1 aromatic carbocycles. The molecule has 3 rings (SSSR count). The maximum atomic E-state index is 12.3. The third-order valence-corrected chi connectivity index (χ3v) is 4.91. The van der Waals surface area contributed by atoms with E-state index in [9.17, 15) is 9.59 Å². The summed E-state index contributed by atoms with van der Waals surface area (Å²) in [6.07, 6.45) is 2.49. The minimum absolute atomic E-state index is 0.0711. The van der Waals surface area contributed by atoms with E-state index in [1.807, 2.05) is 20.8 Å². The summed E-state index contributed by atoms with van der Waals surface area (Å²) in [4.78, 5) is 28.0. The lowest BCUT2D eigenvalue weighted by atomic mass is 10.1. The van der Waals surface area contributed by atoms with Gasteiger partial charge in [0.15, 0.2) is 12.4 Å². The molecule has 0 aliphatic rings. The van der Waals surface area contributed by atoms with E-state index >= 15 is 0 Å². The van der Waals surface area contributed by atoms with Crippen molar-refractivity contribution in [1.29, 1.82) is 0 Å². The fraction of sp³-hybridized carbons (Fsp3) is 0.409. The number of aromatic nitrogens is 4. The van der Waals surface area contributed by atoms with Gasteiger partial charge >= 0.3 is 11.9 Å². The van der Waals surface area contributed by atoms with Crippen LogP contribution in [-0.2, 0) is 33.7 Å². The summed E-state index contributed by atoms with van der Waals surface area (Å²) in [5, 5.41) is 8.41. The molecule has 9 heteroatoms. The van der Waals surface area contributed by atoms with Crippen molar-refractivity contribution in [1.82, 2.24) is 19.9 Å². The lowest BCUT2D eigenvalue weighted by Gasteiger charge is -2.07. The molecule has 164 valence electrons. The molecule has 0 aliphatic heterocycles. The van der Waals surface area contributed by atoms with Gasteiger partial charge < -0.3 is 14.0 Å². The molecule has 0 aliphatic carbocycles. The molecule has 0 atom stereocenters. The molecule has 2 aromatic heterocycles. The predicted molar refractivity (Wildman–Crippen MR) is 111 cm³/mol. The van der Waals surface area contributed by atoms with Crippen molar-refractivity contribution in [3.05, 3.63) is 58.5 Å². The van der Waals surface area contributed by atoms with Gasteiger partial charge in [-0.15, -0.1) is 0 Å². The number of benzene rings is 1. The second-order valence-corrected chi connectivity index (χ2v) is 7.11. The number of hydrogen-bond acceptors (Lipinski definition) is 8. The average molecular weight is 426 g/mol. The number of nitrogens with zero attached hydrogens (tertiary/aromatic N) is 4. The van der Waals surface area contributed by atoms with Crippen LogP contribution >= 0.6 is 0 Å². The Hall–Kier alpha value is -3.49. The van der Waals surface area contributed by atoms with Crippen molar-refractivity contribution in [3.8, 4) is 5.69 Å². The van der Waals surface area contributed by atoms with Crippen LogP contribution in [0.5, 0.6) is 0 Å². The predicted octanol–water partition coefficient (Wildman–Crippen LogP) is 3.29. The number of hydrogen-bond donors (Lipinski definition) is 0. The van der Waals surface area contributed by atoms with Crippen molar-refractivity contribution >= 4 is 11.9 Å². The van der Waals surface area contributed by atoms with E-state index < -0.39 is 5.97 Å². The molecule has 0 amide bonds. The standard InChI is InChI=1S/C22H26N4O5/c1-5-6-19-23-20(31-25-19)13-30-22(28)16-7-9-17(10-8-16)26-15(3)18(14(2)24-26)11-12-21(27)29-4/h7-10H,5-6,11-13H2,1-4H3. The summed E-state index contributed by atoms with van der Waals surface area (Å²) in [7, 11) is 1.38. The van der Waals surface area contributed by atoms with E-state index in [4.69, 9.17) is 14.0 Å². The Morgan fingerprint density at radius 2 is 1.87 bits per heavy atom. The summed E-state index contributed by atoms with van der Waals surface area (Å²) >= 11 is 0. The third kappa shape index (κ3) is 5.36. The first-order valence-electron chi connectivity index (χ1n) is 10.1. The first-order chi connectivity index (χ1) is 14.9. The second kappa shape index (κ2) is 10.0. The van der Waals surface area contributed by atoms with Crippen LogP contribution in [0.15, 0.2) is 28.8 Å². The summed E-state index contributed by atoms with van der Waals surface area (Å²) in [6.45, 7) is 5.81. The fourth-order valence-corrected chi connectivity index (χ4v) is 3.24. The average Bonchev–Trinajstić information content (AvgIpc) is 3.34. The number of carbonyl (C=O) groups excluding carboxylic acids is 2. The molecule has 2 heterocycles. The summed E-state index contributed by atoms with van der Waals surface area (Å²) in [5.41, 5.74) is 4.02. The third-order valence-electron chi connectivity index (χ3n) is 4.91. The second-order valence-electron chi connectivity index (χ2n) is 7.11. The van der Waals surface area contributed by atoms with Crippen molar-refractivity contribution < 1.29 is 23.6 Å². The van der Waals surface area contributed by atoms with Gasteiger partial charge in [-0.3, -0.25) is 4.79 Å². The Morgan fingerprint density at radius 3 is 2.55 bits per heavy atom. The van der Waals surface area contributed by atoms with E-state index in [0.29, 0.717) is 24.2 Å². The van der Waals surface area contributed by atoms with Crippen LogP contribution in [0, 0.1) is 13.8 Å². The molecule has 0 fully saturated rings. The quantitative estimate of drug-likeness (QED) is 0.480. The minimum atomic E-state index is -0.478. The van der Waals surface area contributed by atoms with Crippen LogP contribution in [0.1, 0.15) is 58.8 Å². The molecule has 0 bridgehead atoms. The maximum absolute atomic E-state index is 12.3. The molecule has 0 N–H and O–H groups in total. The number of esters is 2. The molecule has 0 saturated heterocycles. The van der Waals surface area contributed by atoms with Crippen LogP contribution in [0.25, 0.3) is 5.69 Å². The number of ether oxygens (including phenoxy) is 2. The van der Waals surface area contributed by atoms with Crippen molar-refractivity contribution in [3.63, 3.8) is 0 Å². The minimum Gasteiger partial charge on any atom is -0.469 e. The van der Waals surface area contributed by atoms with Crippen molar-refractivity contribution in [2.75, 3.05) is 7.11 Å². The molecule has 9 nitrogen and oxygen atoms in total. The monoisotopic (exact) mass is 426 g/mol. The number of carbonyl (C=O) groups is 2. The molecule has 31 heavy (non-hydrogen) atoms. The van der Waals surface area contributed by atoms with E-state index in [1.165, 1.54) is 7.11 Å². The Kier molecular flexibility index (Phi) is 7.17. The van der Waals surface area contributed by atoms with Gasteiger partial charge in [0.1, 0.15) is 0 Å². The van der Waals surface area contributed by atoms with Gasteiger partial charge in [0, 0.05) is 18.5 Å². The van der Waals surface area contributed by atoms with Crippen LogP contribution in [0.4, 0.5) is 0 Å². The molecule has 0 saturated carbocycles. The highest BCUT2D eigenvalue weighted by molar-refractivity contribution is 5.89. The number of rotatable bonds is 9. The number of aryl methyl sites for hydroxylation is 2. The zero-order valence-electron chi connectivity index (χ0n) is 18.2. The Bertz CT molecular complexity index is 1050. The van der Waals surface area contributed by atoms with Gasteiger partial charge in [0.25, 0.3) is 5.89 Å². The maximum Gasteiger partial charge on any atom is 0.338 e. The number of methoxy groups -OCH3 is 1. The smallest absolute Gasteiger partial charge is 0.338 e. The molecule has 0 radical (unpaired) electrons. The van der Waals surface area contributed by atoms with Crippen molar-refractivity contribution in [2.45, 2.75) is 53.1 Å². The molecular weight excluding hydrogens is 400 g/mol. The molecule has 0 unspecified atom stereocenters. The van der Waals surface area contributed by atoms with E-state index in [2.05, 4.69) is 15.2 Å². The van der Waals surface area contributed by atoms with Crippen LogP contribution in [0.3, 0.4) is 0 Å². The van der Waals surface area contributed by atoms with Gasteiger partial charge in [-0.25, -0.2) is 9.48 Å². The lowest BCUT2D eigenvalue weighted by Crippen LogP contribution is -2.06. The zero-order valence-corrected chi connectivity index (χ0v) is 18.2. The largest absolute Gasteiger partial charge is 0.469 e. The van der Waals surface area contributed by atoms with Gasteiger partial charge in [-0.1, -0.05) is 12.1 Å². The van der Waals surface area contributed by atoms with E-state index in [1.54, 1.807) is 28.9 Å². The van der Waals surface area contributed by atoms with Gasteiger partial charge in [-0.05, 0) is 56.5 Å². The summed E-state index contributed by atoms with van der Waals surface area (Å²) in [6, 6.07) is 6.95. The van der Waals surface area contributed by atoms with Gasteiger partial charge in [-0.2, -0.15) is 10.1 Å². The Labute approximate surface area is 180 Å². The van der Waals surface area contributed by atoms with Crippen LogP contribution in [-0.4, -0.2) is 39.0 Å². The highest BCUT2D eigenvalue weighted by Crippen LogP contribution is 2.20. The molecule has 3 aromatic rings. The van der Waals surface area contributed by atoms with Crippen LogP contribution < -0.4 is 0 Å². The van der Waals surface area contributed by atoms with Crippen molar-refractivity contribution in [2.24, 2.45) is 0 Å². The normalized spacial score (nSPS) is 10.8.